The summed E-state index contributed by atoms with van der Waals surface area (Å²) in [6.07, 6.45) is 10.3. The van der Waals surface area contributed by atoms with Gasteiger partial charge in [-0.3, -0.25) is 0 Å². The second-order valence-electron chi connectivity index (χ2n) is 6.56. The molecular formula is C24H31N. The first-order valence-corrected chi connectivity index (χ1v) is 9.74. The molecule has 0 aliphatic carbocycles. The average molecular weight is 334 g/mol. The molecule has 0 spiro atoms. The molecule has 0 saturated carbocycles. The average Bonchev–Trinajstić information content (AvgIpc) is 2.67. The Bertz CT molecular complexity index is 607. The summed E-state index contributed by atoms with van der Waals surface area (Å²) in [7, 11) is 0. The topological polar surface area (TPSA) is 12.0 Å². The van der Waals surface area contributed by atoms with Crippen molar-refractivity contribution >= 4 is 0 Å². The Morgan fingerprint density at radius 3 is 1.96 bits per heavy atom. The Morgan fingerprint density at radius 2 is 1.24 bits per heavy atom. The predicted octanol–water partition coefficient (Wildman–Crippen LogP) is 5.95. The van der Waals surface area contributed by atoms with Crippen molar-refractivity contribution in [1.29, 1.82) is 0 Å². The first kappa shape index (κ1) is 19.3. The van der Waals surface area contributed by atoms with E-state index in [1.807, 2.05) is 18.2 Å². The van der Waals surface area contributed by atoms with E-state index < -0.39 is 0 Å². The Hall–Kier alpha value is -2.04. The molecule has 0 aliphatic heterocycles. The third kappa shape index (κ3) is 9.75. The Kier molecular flexibility index (Phi) is 10.2. The van der Waals surface area contributed by atoms with E-state index in [1.54, 1.807) is 0 Å². The molecule has 0 unspecified atom stereocenters. The molecule has 0 aliphatic rings. The van der Waals surface area contributed by atoms with Gasteiger partial charge in [0.05, 0.1) is 0 Å². The summed E-state index contributed by atoms with van der Waals surface area (Å²) in [4.78, 5) is 0. The molecule has 132 valence electrons. The lowest BCUT2D eigenvalue weighted by molar-refractivity contribution is 0.559. The van der Waals surface area contributed by atoms with Gasteiger partial charge in [0.25, 0.3) is 0 Å². The van der Waals surface area contributed by atoms with E-state index in [2.05, 4.69) is 59.6 Å². The number of hydrogen-bond acceptors (Lipinski definition) is 1. The number of benzene rings is 2. The summed E-state index contributed by atoms with van der Waals surface area (Å²) in [5.41, 5.74) is 2.50. The highest BCUT2D eigenvalue weighted by atomic mass is 14.8. The van der Waals surface area contributed by atoms with E-state index in [0.717, 1.165) is 25.1 Å². The van der Waals surface area contributed by atoms with Crippen molar-refractivity contribution in [3.8, 4) is 11.8 Å². The molecule has 2 rings (SSSR count). The second kappa shape index (κ2) is 13.3. The van der Waals surface area contributed by atoms with Gasteiger partial charge in [0, 0.05) is 18.5 Å². The van der Waals surface area contributed by atoms with Crippen LogP contribution in [-0.2, 0) is 6.54 Å². The third-order valence-electron chi connectivity index (χ3n) is 4.33. The van der Waals surface area contributed by atoms with Gasteiger partial charge in [0.1, 0.15) is 0 Å². The van der Waals surface area contributed by atoms with Crippen molar-refractivity contribution in [1.82, 2.24) is 5.32 Å². The SMILES string of the molecule is C(#Cc1ccccc1)CCCCCCCCCNCc1ccccc1. The summed E-state index contributed by atoms with van der Waals surface area (Å²) < 4.78 is 0. The Morgan fingerprint density at radius 1 is 0.640 bits per heavy atom. The summed E-state index contributed by atoms with van der Waals surface area (Å²) in [5.74, 6) is 6.51. The van der Waals surface area contributed by atoms with Crippen molar-refractivity contribution in [3.63, 3.8) is 0 Å². The van der Waals surface area contributed by atoms with Gasteiger partial charge in [0.15, 0.2) is 0 Å². The number of nitrogens with one attached hydrogen (secondary N) is 1. The van der Waals surface area contributed by atoms with Crippen molar-refractivity contribution in [2.45, 2.75) is 57.9 Å². The van der Waals surface area contributed by atoms with Gasteiger partial charge in [-0.2, -0.15) is 0 Å². The molecule has 0 saturated heterocycles. The molecule has 0 heterocycles. The summed E-state index contributed by atoms with van der Waals surface area (Å²) >= 11 is 0. The van der Waals surface area contributed by atoms with Crippen LogP contribution in [-0.4, -0.2) is 6.54 Å². The van der Waals surface area contributed by atoms with Crippen LogP contribution in [0.4, 0.5) is 0 Å². The molecule has 1 nitrogen and oxygen atoms in total. The summed E-state index contributed by atoms with van der Waals surface area (Å²) in [6.45, 7) is 2.12. The first-order valence-electron chi connectivity index (χ1n) is 9.74. The molecule has 0 fully saturated rings. The molecule has 0 aromatic heterocycles. The minimum absolute atomic E-state index is 0.991. The zero-order valence-electron chi connectivity index (χ0n) is 15.3. The van der Waals surface area contributed by atoms with Gasteiger partial charge in [-0.05, 0) is 37.1 Å². The molecule has 1 heteroatoms. The van der Waals surface area contributed by atoms with E-state index in [0.29, 0.717) is 0 Å². The number of unbranched alkanes of at least 4 members (excludes halogenated alkanes) is 7. The van der Waals surface area contributed by atoms with Crippen LogP contribution in [0.2, 0.25) is 0 Å². The van der Waals surface area contributed by atoms with Crippen LogP contribution in [0.25, 0.3) is 0 Å². The maximum Gasteiger partial charge on any atom is 0.0245 e. The predicted molar refractivity (Wildman–Crippen MR) is 108 cm³/mol. The molecule has 0 atom stereocenters. The van der Waals surface area contributed by atoms with Crippen LogP contribution in [0.5, 0.6) is 0 Å². The molecule has 2 aromatic carbocycles. The van der Waals surface area contributed by atoms with Gasteiger partial charge < -0.3 is 5.32 Å². The highest BCUT2D eigenvalue weighted by Crippen LogP contribution is 2.08. The maximum absolute atomic E-state index is 3.53. The standard InChI is InChI=1S/C24H31N/c1(2-4-6-10-16-23-17-11-8-12-18-23)3-5-7-15-21-25-22-24-19-13-9-14-20-24/h8-9,11-14,17-20,25H,1-7,15,21-22H2. The van der Waals surface area contributed by atoms with Crippen molar-refractivity contribution in [3.05, 3.63) is 71.8 Å². The monoisotopic (exact) mass is 333 g/mol. The van der Waals surface area contributed by atoms with Crippen molar-refractivity contribution < 1.29 is 0 Å². The first-order chi connectivity index (χ1) is 12.4. The van der Waals surface area contributed by atoms with E-state index >= 15 is 0 Å². The fourth-order valence-corrected chi connectivity index (χ4v) is 2.86. The van der Waals surface area contributed by atoms with Gasteiger partial charge in [-0.1, -0.05) is 92.5 Å². The zero-order chi connectivity index (χ0) is 17.4. The molecule has 1 N–H and O–H groups in total. The quantitative estimate of drug-likeness (QED) is 0.396. The number of rotatable bonds is 11. The van der Waals surface area contributed by atoms with Gasteiger partial charge in [-0.25, -0.2) is 0 Å². The van der Waals surface area contributed by atoms with Crippen LogP contribution < -0.4 is 5.32 Å². The second-order valence-corrected chi connectivity index (χ2v) is 6.56. The van der Waals surface area contributed by atoms with Gasteiger partial charge >= 0.3 is 0 Å². The number of hydrogen-bond donors (Lipinski definition) is 1. The van der Waals surface area contributed by atoms with Crippen LogP contribution in [0.3, 0.4) is 0 Å². The lowest BCUT2D eigenvalue weighted by Crippen LogP contribution is -2.14. The highest BCUT2D eigenvalue weighted by molar-refractivity contribution is 5.33. The minimum Gasteiger partial charge on any atom is -0.313 e. The van der Waals surface area contributed by atoms with Crippen LogP contribution >= 0.6 is 0 Å². The molecule has 25 heavy (non-hydrogen) atoms. The van der Waals surface area contributed by atoms with Crippen LogP contribution in [0, 0.1) is 11.8 Å². The smallest absolute Gasteiger partial charge is 0.0245 e. The fourth-order valence-electron chi connectivity index (χ4n) is 2.86. The van der Waals surface area contributed by atoms with E-state index in [1.165, 1.54) is 50.5 Å². The Labute approximate surface area is 153 Å². The van der Waals surface area contributed by atoms with E-state index in [4.69, 9.17) is 0 Å². The molecule has 0 bridgehead atoms. The van der Waals surface area contributed by atoms with Crippen molar-refractivity contribution in [2.75, 3.05) is 6.54 Å². The lowest BCUT2D eigenvalue weighted by atomic mass is 10.1. The van der Waals surface area contributed by atoms with Crippen LogP contribution in [0.1, 0.15) is 62.5 Å². The van der Waals surface area contributed by atoms with Gasteiger partial charge in [0.2, 0.25) is 0 Å². The highest BCUT2D eigenvalue weighted by Gasteiger charge is 1.93. The summed E-state index contributed by atoms with van der Waals surface area (Å²) in [6, 6.07) is 20.9. The fraction of sp³-hybridized carbons (Fsp3) is 0.417. The van der Waals surface area contributed by atoms with E-state index in [-0.39, 0.29) is 0 Å². The molecule has 0 amide bonds. The molecule has 0 radical (unpaired) electrons. The van der Waals surface area contributed by atoms with Gasteiger partial charge in [-0.15, -0.1) is 0 Å². The van der Waals surface area contributed by atoms with Crippen molar-refractivity contribution in [2.24, 2.45) is 0 Å². The third-order valence-corrected chi connectivity index (χ3v) is 4.33. The maximum atomic E-state index is 3.53. The minimum atomic E-state index is 0.991. The zero-order valence-corrected chi connectivity index (χ0v) is 15.3. The normalized spacial score (nSPS) is 10.2. The lowest BCUT2D eigenvalue weighted by Gasteiger charge is -2.05. The largest absolute Gasteiger partial charge is 0.313 e. The summed E-state index contributed by atoms with van der Waals surface area (Å²) in [5, 5.41) is 3.53. The molecule has 2 aromatic rings. The van der Waals surface area contributed by atoms with E-state index in [9.17, 15) is 0 Å². The Balaban J connectivity index is 1.35. The van der Waals surface area contributed by atoms with Crippen LogP contribution in [0.15, 0.2) is 60.7 Å². The molecular weight excluding hydrogens is 302 g/mol.